The molecule has 0 saturated heterocycles. The van der Waals surface area contributed by atoms with Crippen LogP contribution in [0.25, 0.3) is 0 Å². The molecule has 50 valence electrons. The fraction of sp³-hybridized carbons (Fsp3) is 0.500. The number of hydrogen-bond donors (Lipinski definition) is 0. The summed E-state index contributed by atoms with van der Waals surface area (Å²) in [6, 6.07) is 1.75. The number of nitro groups is 1. The van der Waals surface area contributed by atoms with Gasteiger partial charge in [-0.1, -0.05) is 0 Å². The fourth-order valence-electron chi connectivity index (χ4n) is 0. The summed E-state index contributed by atoms with van der Waals surface area (Å²) in [6.45, 7) is 1.43. The van der Waals surface area contributed by atoms with Crippen molar-refractivity contribution >= 4 is 9.53 Å². The van der Waals surface area contributed by atoms with Crippen LogP contribution in [-0.2, 0) is 17.2 Å². The number of nitriles is 1. The summed E-state index contributed by atoms with van der Waals surface area (Å²) in [7, 11) is 4.69. The quantitative estimate of drug-likeness (QED) is 0.381. The van der Waals surface area contributed by atoms with E-state index in [-0.39, 0.29) is 0 Å². The number of halogens is 1. The first-order chi connectivity index (χ1) is 3.68. The molecule has 0 N–H and O–H groups in total. The van der Waals surface area contributed by atoms with Gasteiger partial charge in [0.15, 0.2) is 0 Å². The van der Waals surface area contributed by atoms with Crippen LogP contribution < -0.4 is 0 Å². The Morgan fingerprint density at radius 3 is 2.12 bits per heavy atom. The van der Waals surface area contributed by atoms with Crippen molar-refractivity contribution < 1.29 is 20.8 Å². The molecule has 0 fully saturated rings. The van der Waals surface area contributed by atoms with Gasteiger partial charge in [0.2, 0.25) is 0 Å². The van der Waals surface area contributed by atoms with E-state index in [1.165, 1.54) is 6.92 Å². The molecule has 0 saturated carbocycles. The van der Waals surface area contributed by atoms with Crippen LogP contribution in [0.1, 0.15) is 6.92 Å². The van der Waals surface area contributed by atoms with Crippen molar-refractivity contribution in [2.24, 2.45) is 0 Å². The molecule has 8 heavy (non-hydrogen) atoms. The molecule has 0 radical (unpaired) electrons. The van der Waals surface area contributed by atoms with Gasteiger partial charge < -0.3 is 0 Å². The Morgan fingerprint density at radius 1 is 2.00 bits per heavy atom. The number of rotatable bonds is 1. The van der Waals surface area contributed by atoms with Crippen molar-refractivity contribution in [3.63, 3.8) is 0 Å². The van der Waals surface area contributed by atoms with E-state index in [0.29, 0.717) is 0 Å². The van der Waals surface area contributed by atoms with Gasteiger partial charge in [0.05, 0.1) is 6.07 Å². The minimum atomic E-state index is -0.844. The molecule has 0 spiro atoms. The van der Waals surface area contributed by atoms with Gasteiger partial charge in [0.25, 0.3) is 0 Å². The standard InChI is InChI=1S/C2H3N.ClH.NO2.Pd/c1-2-3;;2-1-3;/h1H3;1H;;/q;;;+1/p-1. The van der Waals surface area contributed by atoms with Crippen molar-refractivity contribution in [3.8, 4) is 6.07 Å². The topological polar surface area (TPSA) is 66.9 Å². The maximum atomic E-state index is 9.06. The fourth-order valence-corrected chi connectivity index (χ4v) is 0. The Kier molecular flexibility index (Phi) is 13.4. The van der Waals surface area contributed by atoms with Gasteiger partial charge in [-0.2, -0.15) is 5.26 Å². The predicted molar refractivity (Wildman–Crippen MR) is 24.1 cm³/mol. The van der Waals surface area contributed by atoms with E-state index in [9.17, 15) is 0 Å². The maximum absolute atomic E-state index is 9.06. The Labute approximate surface area is 59.0 Å². The van der Waals surface area contributed by atoms with Gasteiger partial charge in [-0.15, -0.1) is 0 Å². The molecule has 0 aromatic heterocycles. The Hall–Kier alpha value is -0.158. The zero-order valence-electron chi connectivity index (χ0n) is 3.91. The molecule has 0 aromatic rings. The van der Waals surface area contributed by atoms with Crippen molar-refractivity contribution in [3.05, 3.63) is 10.1 Å². The van der Waals surface area contributed by atoms with E-state index in [1.54, 1.807) is 6.07 Å². The summed E-state index contributed by atoms with van der Waals surface area (Å²) in [5.41, 5.74) is 0. The molecule has 0 rings (SSSR count). The molecule has 0 heterocycles. The van der Waals surface area contributed by atoms with Crippen molar-refractivity contribution in [1.29, 1.82) is 5.26 Å². The third kappa shape index (κ3) is 40.4. The number of nitrogens with zero attached hydrogens (tertiary/aromatic N) is 2. The molecule has 0 bridgehead atoms. The van der Waals surface area contributed by atoms with Crippen LogP contribution in [0.5, 0.6) is 0 Å². The molecule has 4 nitrogen and oxygen atoms in total. The van der Waals surface area contributed by atoms with Crippen molar-refractivity contribution in [2.45, 2.75) is 6.92 Å². The van der Waals surface area contributed by atoms with Crippen LogP contribution in [0.3, 0.4) is 0 Å². The molecule has 0 aliphatic heterocycles. The van der Waals surface area contributed by atoms with Gasteiger partial charge >= 0.3 is 40.4 Å². The first-order valence-electron chi connectivity index (χ1n) is 1.35. The van der Waals surface area contributed by atoms with Crippen LogP contribution in [0, 0.1) is 21.4 Å². The van der Waals surface area contributed by atoms with E-state index in [0.717, 1.165) is 0 Å². The summed E-state index contributed by atoms with van der Waals surface area (Å²) < 4.78 is -0.560. The molecular formula is C2H3ClN2O2Pd. The van der Waals surface area contributed by atoms with Crippen LogP contribution in [0.4, 0.5) is 0 Å². The van der Waals surface area contributed by atoms with Crippen molar-refractivity contribution in [2.75, 3.05) is 0 Å². The molecule has 0 amide bonds. The van der Waals surface area contributed by atoms with Crippen molar-refractivity contribution in [1.82, 2.24) is 0 Å². The van der Waals surface area contributed by atoms with E-state index in [2.05, 4.69) is 9.53 Å². The predicted octanol–water partition coefficient (Wildman–Crippen LogP) is 0.944. The Morgan fingerprint density at radius 2 is 2.12 bits per heavy atom. The van der Waals surface area contributed by atoms with E-state index in [4.69, 9.17) is 15.4 Å². The summed E-state index contributed by atoms with van der Waals surface area (Å²) in [5, 5.41) is 16.4. The second-order valence-electron chi connectivity index (χ2n) is 0.467. The monoisotopic (exact) mass is 228 g/mol. The summed E-state index contributed by atoms with van der Waals surface area (Å²) in [4.78, 5) is 9.06. The summed E-state index contributed by atoms with van der Waals surface area (Å²) in [6.07, 6.45) is 0. The first kappa shape index (κ1) is 10.8. The minimum absolute atomic E-state index is 0.560. The molecule has 0 unspecified atom stereocenters. The van der Waals surface area contributed by atoms with E-state index in [1.807, 2.05) is 0 Å². The van der Waals surface area contributed by atoms with Gasteiger partial charge in [-0.3, -0.25) is 0 Å². The molecule has 6 heteroatoms. The average molecular weight is 229 g/mol. The second kappa shape index (κ2) is 9.96. The Bertz CT molecular complexity index is 101. The van der Waals surface area contributed by atoms with Crippen LogP contribution in [0.15, 0.2) is 0 Å². The molecule has 0 aromatic carbocycles. The van der Waals surface area contributed by atoms with Crippen LogP contribution >= 0.6 is 9.53 Å². The first-order valence-corrected chi connectivity index (χ1v) is 4.05. The van der Waals surface area contributed by atoms with Crippen LogP contribution in [0.2, 0.25) is 0 Å². The SMILES string of the molecule is CC#N.O=[N+]([O-])[Pd][Cl]. The zero-order valence-corrected chi connectivity index (χ0v) is 6.22. The van der Waals surface area contributed by atoms with Crippen LogP contribution in [-0.4, -0.2) is 3.56 Å². The molecule has 0 aliphatic carbocycles. The van der Waals surface area contributed by atoms with Gasteiger partial charge in [0.1, 0.15) is 0 Å². The Balaban J connectivity index is 0. The summed E-state index contributed by atoms with van der Waals surface area (Å²) in [5.74, 6) is 0. The third-order valence-corrected chi connectivity index (χ3v) is 0.775. The average Bonchev–Trinajstić information content (AvgIpc) is 1.69. The van der Waals surface area contributed by atoms with E-state index >= 15 is 0 Å². The number of hydrogen-bond acceptors (Lipinski definition) is 3. The summed E-state index contributed by atoms with van der Waals surface area (Å²) >= 11 is -0.844. The second-order valence-corrected chi connectivity index (χ2v) is 1.93. The third-order valence-electron chi connectivity index (χ3n) is 0.0436. The van der Waals surface area contributed by atoms with Gasteiger partial charge in [-0.25, -0.2) is 0 Å². The molecule has 0 aliphatic rings. The normalized spacial score (nSPS) is 6.12. The zero-order chi connectivity index (χ0) is 6.99. The van der Waals surface area contributed by atoms with Gasteiger partial charge in [0, 0.05) is 6.92 Å². The van der Waals surface area contributed by atoms with Gasteiger partial charge in [-0.05, 0) is 0 Å². The molecular weight excluding hydrogens is 226 g/mol. The molecule has 0 atom stereocenters. The van der Waals surface area contributed by atoms with E-state index < -0.39 is 20.8 Å².